The Kier molecular flexibility index (Phi) is 5.25. The number of thiophene rings is 1. The highest BCUT2D eigenvalue weighted by Gasteiger charge is 2.16. The van der Waals surface area contributed by atoms with E-state index in [1.165, 1.54) is 9.75 Å². The topological polar surface area (TPSA) is 32.3 Å². The van der Waals surface area contributed by atoms with Gasteiger partial charge in [0.1, 0.15) is 0 Å². The molecule has 16 heavy (non-hydrogen) atoms. The lowest BCUT2D eigenvalue weighted by Gasteiger charge is -2.27. The molecule has 1 amide bonds. The molecule has 0 unspecified atom stereocenters. The number of hydrogen-bond acceptors (Lipinski definition) is 3. The van der Waals surface area contributed by atoms with Crippen molar-refractivity contribution in [3.05, 3.63) is 21.9 Å². The first-order valence-electron chi connectivity index (χ1n) is 5.29. The lowest BCUT2D eigenvalue weighted by atomic mass is 10.2. The third kappa shape index (κ3) is 3.47. The number of rotatable bonds is 2. The van der Waals surface area contributed by atoms with Crippen molar-refractivity contribution in [3.8, 4) is 0 Å². The summed E-state index contributed by atoms with van der Waals surface area (Å²) in [4.78, 5) is 16.3. The highest BCUT2D eigenvalue weighted by atomic mass is 35.5. The zero-order chi connectivity index (χ0) is 10.7. The summed E-state index contributed by atoms with van der Waals surface area (Å²) in [5.41, 5.74) is 0. The predicted molar refractivity (Wildman–Crippen MR) is 69.5 cm³/mol. The zero-order valence-corrected chi connectivity index (χ0v) is 11.0. The molecule has 5 heteroatoms. The lowest BCUT2D eigenvalue weighted by molar-refractivity contribution is -0.130. The first kappa shape index (κ1) is 13.5. The number of nitrogens with zero attached hydrogens (tertiary/aromatic N) is 1. The zero-order valence-electron chi connectivity index (χ0n) is 9.36. The smallest absolute Gasteiger partial charge is 0.227 e. The average Bonchev–Trinajstić information content (AvgIpc) is 2.65. The van der Waals surface area contributed by atoms with E-state index in [0.29, 0.717) is 6.42 Å². The number of amides is 1. The van der Waals surface area contributed by atoms with Crippen LogP contribution in [0.2, 0.25) is 0 Å². The van der Waals surface area contributed by atoms with Gasteiger partial charge in [0, 0.05) is 35.9 Å². The molecular weight excluding hydrogens is 244 g/mol. The number of hydrogen-bond donors (Lipinski definition) is 1. The number of carbonyl (C=O) groups excluding carboxylic acids is 1. The third-order valence-corrected chi connectivity index (χ3v) is 3.59. The van der Waals surface area contributed by atoms with Crippen molar-refractivity contribution >= 4 is 29.7 Å². The van der Waals surface area contributed by atoms with Gasteiger partial charge in [0.05, 0.1) is 6.42 Å². The second-order valence-corrected chi connectivity index (χ2v) is 5.19. The van der Waals surface area contributed by atoms with E-state index in [9.17, 15) is 4.79 Å². The van der Waals surface area contributed by atoms with E-state index in [-0.39, 0.29) is 18.3 Å². The van der Waals surface area contributed by atoms with Gasteiger partial charge in [-0.3, -0.25) is 4.79 Å². The molecule has 90 valence electrons. The molecule has 0 radical (unpaired) electrons. The Hall–Kier alpha value is -0.580. The van der Waals surface area contributed by atoms with E-state index in [4.69, 9.17) is 0 Å². The summed E-state index contributed by atoms with van der Waals surface area (Å²) < 4.78 is 0. The van der Waals surface area contributed by atoms with Crippen LogP contribution >= 0.6 is 23.7 Å². The molecule has 3 nitrogen and oxygen atoms in total. The van der Waals surface area contributed by atoms with Crippen molar-refractivity contribution in [2.75, 3.05) is 26.2 Å². The SMILES string of the molecule is Cc1ccc(CC(=O)N2CCNCC2)s1.Cl. The second kappa shape index (κ2) is 6.23. The molecule has 1 aliphatic rings. The van der Waals surface area contributed by atoms with Gasteiger partial charge in [0.25, 0.3) is 0 Å². The van der Waals surface area contributed by atoms with Crippen molar-refractivity contribution in [2.45, 2.75) is 13.3 Å². The molecule has 1 aliphatic heterocycles. The second-order valence-electron chi connectivity index (χ2n) is 3.82. The summed E-state index contributed by atoms with van der Waals surface area (Å²) in [6.45, 7) is 5.63. The Balaban J connectivity index is 0.00000128. The summed E-state index contributed by atoms with van der Waals surface area (Å²) >= 11 is 1.72. The molecule has 0 aromatic carbocycles. The Labute approximate surface area is 106 Å². The van der Waals surface area contributed by atoms with Gasteiger partial charge in [0.15, 0.2) is 0 Å². The monoisotopic (exact) mass is 260 g/mol. The van der Waals surface area contributed by atoms with Crippen LogP contribution in [0.4, 0.5) is 0 Å². The fourth-order valence-electron chi connectivity index (χ4n) is 1.76. The van der Waals surface area contributed by atoms with Crippen LogP contribution < -0.4 is 5.32 Å². The number of halogens is 1. The van der Waals surface area contributed by atoms with Gasteiger partial charge in [0.2, 0.25) is 5.91 Å². The van der Waals surface area contributed by atoms with Crippen molar-refractivity contribution in [3.63, 3.8) is 0 Å². The minimum atomic E-state index is 0. The summed E-state index contributed by atoms with van der Waals surface area (Å²) in [7, 11) is 0. The maximum absolute atomic E-state index is 11.9. The number of piperazine rings is 1. The van der Waals surface area contributed by atoms with Gasteiger partial charge in [-0.05, 0) is 19.1 Å². The molecule has 0 atom stereocenters. The Morgan fingerprint density at radius 3 is 2.69 bits per heavy atom. The summed E-state index contributed by atoms with van der Waals surface area (Å²) in [5.74, 6) is 0.262. The van der Waals surface area contributed by atoms with Crippen molar-refractivity contribution < 1.29 is 4.79 Å². The van der Waals surface area contributed by atoms with Crippen LogP contribution in [0.25, 0.3) is 0 Å². The maximum atomic E-state index is 11.9. The summed E-state index contributed by atoms with van der Waals surface area (Å²) in [6.07, 6.45) is 0.568. The molecule has 1 saturated heterocycles. The number of carbonyl (C=O) groups is 1. The molecule has 0 saturated carbocycles. The molecule has 1 N–H and O–H groups in total. The number of aryl methyl sites for hydroxylation is 1. The average molecular weight is 261 g/mol. The van der Waals surface area contributed by atoms with E-state index in [2.05, 4.69) is 24.4 Å². The quantitative estimate of drug-likeness (QED) is 0.873. The normalized spacial score (nSPS) is 15.7. The van der Waals surface area contributed by atoms with E-state index < -0.39 is 0 Å². The maximum Gasteiger partial charge on any atom is 0.227 e. The van der Waals surface area contributed by atoms with E-state index >= 15 is 0 Å². The molecule has 2 rings (SSSR count). The Morgan fingerprint density at radius 1 is 1.44 bits per heavy atom. The standard InChI is InChI=1S/C11H16N2OS.ClH/c1-9-2-3-10(15-9)8-11(14)13-6-4-12-5-7-13;/h2-3,12H,4-8H2,1H3;1H. The van der Waals surface area contributed by atoms with Gasteiger partial charge in [-0.25, -0.2) is 0 Å². The molecule has 0 aliphatic carbocycles. The van der Waals surface area contributed by atoms with Crippen LogP contribution in [0.5, 0.6) is 0 Å². The van der Waals surface area contributed by atoms with E-state index in [1.54, 1.807) is 11.3 Å². The van der Waals surface area contributed by atoms with Crippen LogP contribution in [0.1, 0.15) is 9.75 Å². The van der Waals surface area contributed by atoms with E-state index in [0.717, 1.165) is 26.2 Å². The molecule has 1 fully saturated rings. The summed E-state index contributed by atoms with van der Waals surface area (Å²) in [5, 5.41) is 3.25. The van der Waals surface area contributed by atoms with E-state index in [1.807, 2.05) is 4.90 Å². The van der Waals surface area contributed by atoms with Crippen LogP contribution in [-0.4, -0.2) is 37.0 Å². The van der Waals surface area contributed by atoms with Crippen LogP contribution in [0.3, 0.4) is 0 Å². The fraction of sp³-hybridized carbons (Fsp3) is 0.545. The van der Waals surface area contributed by atoms with Gasteiger partial charge in [-0.1, -0.05) is 0 Å². The van der Waals surface area contributed by atoms with Crippen LogP contribution in [0.15, 0.2) is 12.1 Å². The minimum absolute atomic E-state index is 0. The lowest BCUT2D eigenvalue weighted by Crippen LogP contribution is -2.46. The van der Waals surface area contributed by atoms with Crippen LogP contribution in [-0.2, 0) is 11.2 Å². The molecule has 1 aromatic rings. The molecule has 1 aromatic heterocycles. The van der Waals surface area contributed by atoms with Gasteiger partial charge >= 0.3 is 0 Å². The number of nitrogens with one attached hydrogen (secondary N) is 1. The third-order valence-electron chi connectivity index (χ3n) is 2.59. The van der Waals surface area contributed by atoms with Crippen molar-refractivity contribution in [1.82, 2.24) is 10.2 Å². The van der Waals surface area contributed by atoms with Gasteiger partial charge < -0.3 is 10.2 Å². The Morgan fingerprint density at radius 2 is 2.12 bits per heavy atom. The molecular formula is C11H17ClN2OS. The van der Waals surface area contributed by atoms with Crippen molar-refractivity contribution in [1.29, 1.82) is 0 Å². The molecule has 0 spiro atoms. The first-order chi connectivity index (χ1) is 7.25. The molecule has 2 heterocycles. The summed E-state index contributed by atoms with van der Waals surface area (Å²) in [6, 6.07) is 4.13. The first-order valence-corrected chi connectivity index (χ1v) is 6.11. The van der Waals surface area contributed by atoms with Gasteiger partial charge in [-0.2, -0.15) is 0 Å². The largest absolute Gasteiger partial charge is 0.340 e. The predicted octanol–water partition coefficient (Wildman–Crippen LogP) is 1.45. The van der Waals surface area contributed by atoms with Crippen LogP contribution in [0, 0.1) is 6.92 Å². The highest BCUT2D eigenvalue weighted by Crippen LogP contribution is 2.16. The van der Waals surface area contributed by atoms with Crippen molar-refractivity contribution in [2.24, 2.45) is 0 Å². The fourth-order valence-corrected chi connectivity index (χ4v) is 2.64. The Bertz CT molecular complexity index is 348. The van der Waals surface area contributed by atoms with Gasteiger partial charge in [-0.15, -0.1) is 23.7 Å². The molecule has 0 bridgehead atoms. The minimum Gasteiger partial charge on any atom is -0.340 e. The highest BCUT2D eigenvalue weighted by molar-refractivity contribution is 7.12.